The van der Waals surface area contributed by atoms with Gasteiger partial charge >= 0.3 is 6.09 Å². The van der Waals surface area contributed by atoms with Crippen molar-refractivity contribution in [2.24, 2.45) is 0 Å². The Morgan fingerprint density at radius 3 is 2.44 bits per heavy atom. The zero-order valence-electron chi connectivity index (χ0n) is 15.6. The van der Waals surface area contributed by atoms with E-state index in [1.165, 1.54) is 0 Å². The molecule has 1 aromatic rings. The Balaban J connectivity index is 1.74. The lowest BCUT2D eigenvalue weighted by atomic mass is 10.2. The van der Waals surface area contributed by atoms with E-state index in [-0.39, 0.29) is 6.09 Å². The Morgan fingerprint density at radius 2 is 1.84 bits per heavy atom. The number of carbonyl (C=O) groups excluding carboxylic acids is 1. The van der Waals surface area contributed by atoms with Gasteiger partial charge in [-0.2, -0.15) is 0 Å². The number of nitrogens with two attached hydrogens (primary N) is 1. The molecule has 1 aliphatic rings. The van der Waals surface area contributed by atoms with E-state index in [2.05, 4.69) is 4.90 Å². The first-order chi connectivity index (χ1) is 11.8. The largest absolute Gasteiger partial charge is 0.493 e. The SMILES string of the molecule is COc1ccc(N)cc1OCCN1CCN(C(=O)OC(C)(C)C)CC1. The number of nitrogen functional groups attached to an aromatic ring is 1. The fourth-order valence-electron chi connectivity index (χ4n) is 2.57. The van der Waals surface area contributed by atoms with Crippen LogP contribution in [0.1, 0.15) is 20.8 Å². The minimum Gasteiger partial charge on any atom is -0.493 e. The zero-order chi connectivity index (χ0) is 18.4. The second-order valence-electron chi connectivity index (χ2n) is 7.07. The molecule has 1 fully saturated rings. The monoisotopic (exact) mass is 351 g/mol. The fraction of sp³-hybridized carbons (Fsp3) is 0.611. The van der Waals surface area contributed by atoms with Crippen LogP contribution in [0, 0.1) is 0 Å². The molecular formula is C18H29N3O4. The van der Waals surface area contributed by atoms with Crippen molar-refractivity contribution in [1.29, 1.82) is 0 Å². The summed E-state index contributed by atoms with van der Waals surface area (Å²) < 4.78 is 16.5. The van der Waals surface area contributed by atoms with E-state index in [1.54, 1.807) is 30.2 Å². The third-order valence-electron chi connectivity index (χ3n) is 3.88. The Labute approximate surface area is 149 Å². The minimum absolute atomic E-state index is 0.243. The predicted octanol–water partition coefficient (Wildman–Crippen LogP) is 2.21. The first-order valence-corrected chi connectivity index (χ1v) is 8.55. The van der Waals surface area contributed by atoms with Crippen LogP contribution >= 0.6 is 0 Å². The number of anilines is 1. The Hall–Kier alpha value is -2.15. The molecule has 1 heterocycles. The maximum Gasteiger partial charge on any atom is 0.410 e. The van der Waals surface area contributed by atoms with Crippen molar-refractivity contribution < 1.29 is 19.0 Å². The molecule has 7 nitrogen and oxygen atoms in total. The second kappa shape index (κ2) is 8.29. The molecule has 0 atom stereocenters. The molecule has 25 heavy (non-hydrogen) atoms. The lowest BCUT2D eigenvalue weighted by Crippen LogP contribution is -2.50. The number of ether oxygens (including phenoxy) is 3. The van der Waals surface area contributed by atoms with E-state index in [0.29, 0.717) is 36.9 Å². The molecule has 0 radical (unpaired) electrons. The van der Waals surface area contributed by atoms with E-state index in [0.717, 1.165) is 19.6 Å². The van der Waals surface area contributed by atoms with Crippen LogP contribution in [-0.2, 0) is 4.74 Å². The quantitative estimate of drug-likeness (QED) is 0.820. The van der Waals surface area contributed by atoms with Crippen molar-refractivity contribution in [2.45, 2.75) is 26.4 Å². The molecule has 140 valence electrons. The van der Waals surface area contributed by atoms with E-state index in [9.17, 15) is 4.79 Å². The number of benzene rings is 1. The summed E-state index contributed by atoms with van der Waals surface area (Å²) in [5.74, 6) is 1.32. The summed E-state index contributed by atoms with van der Waals surface area (Å²) in [6, 6.07) is 5.34. The third-order valence-corrected chi connectivity index (χ3v) is 3.88. The van der Waals surface area contributed by atoms with E-state index in [4.69, 9.17) is 19.9 Å². The Bertz CT molecular complexity index is 578. The first-order valence-electron chi connectivity index (χ1n) is 8.55. The van der Waals surface area contributed by atoms with Crippen LogP contribution in [0.15, 0.2) is 18.2 Å². The molecule has 0 spiro atoms. The highest BCUT2D eigenvalue weighted by Crippen LogP contribution is 2.28. The molecule has 0 aromatic heterocycles. The number of rotatable bonds is 5. The van der Waals surface area contributed by atoms with Crippen LogP contribution in [-0.4, -0.2) is 67.9 Å². The molecule has 0 unspecified atom stereocenters. The number of methoxy groups -OCH3 is 1. The van der Waals surface area contributed by atoms with Gasteiger partial charge in [0.05, 0.1) is 7.11 Å². The summed E-state index contributed by atoms with van der Waals surface area (Å²) in [4.78, 5) is 16.1. The van der Waals surface area contributed by atoms with Gasteiger partial charge in [0.25, 0.3) is 0 Å². The summed E-state index contributed by atoms with van der Waals surface area (Å²) in [5.41, 5.74) is 5.97. The predicted molar refractivity (Wildman–Crippen MR) is 97.1 cm³/mol. The van der Waals surface area contributed by atoms with Gasteiger partial charge in [-0.3, -0.25) is 4.90 Å². The number of hydrogen-bond acceptors (Lipinski definition) is 6. The van der Waals surface area contributed by atoms with Gasteiger partial charge in [-0.1, -0.05) is 0 Å². The van der Waals surface area contributed by atoms with Gasteiger partial charge in [0, 0.05) is 44.5 Å². The molecule has 7 heteroatoms. The molecule has 0 saturated carbocycles. The molecular weight excluding hydrogens is 322 g/mol. The average Bonchev–Trinajstić information content (AvgIpc) is 2.54. The molecule has 1 saturated heterocycles. The number of carbonyl (C=O) groups is 1. The van der Waals surface area contributed by atoms with Gasteiger partial charge in [-0.15, -0.1) is 0 Å². The standard InChI is InChI=1S/C18H29N3O4/c1-18(2,3)25-17(22)21-9-7-20(8-10-21)11-12-24-16-13-14(19)5-6-15(16)23-4/h5-6,13H,7-12,19H2,1-4H3. The molecule has 1 aliphatic heterocycles. The van der Waals surface area contributed by atoms with Gasteiger partial charge in [0.15, 0.2) is 11.5 Å². The summed E-state index contributed by atoms with van der Waals surface area (Å²) in [6.45, 7) is 9.88. The van der Waals surface area contributed by atoms with Gasteiger partial charge < -0.3 is 24.8 Å². The number of amides is 1. The molecule has 0 aliphatic carbocycles. The lowest BCUT2D eigenvalue weighted by Gasteiger charge is -2.35. The highest BCUT2D eigenvalue weighted by molar-refractivity contribution is 5.68. The van der Waals surface area contributed by atoms with Crippen molar-refractivity contribution in [3.8, 4) is 11.5 Å². The topological polar surface area (TPSA) is 77.3 Å². The maximum atomic E-state index is 12.1. The third kappa shape index (κ3) is 6.01. The van der Waals surface area contributed by atoms with E-state index >= 15 is 0 Å². The fourth-order valence-corrected chi connectivity index (χ4v) is 2.57. The molecule has 2 N–H and O–H groups in total. The highest BCUT2D eigenvalue weighted by Gasteiger charge is 2.25. The summed E-state index contributed by atoms with van der Waals surface area (Å²) >= 11 is 0. The maximum absolute atomic E-state index is 12.1. The van der Waals surface area contributed by atoms with E-state index < -0.39 is 5.60 Å². The number of nitrogens with zero attached hydrogens (tertiary/aromatic N) is 2. The van der Waals surface area contributed by atoms with E-state index in [1.807, 2.05) is 20.8 Å². The number of piperazine rings is 1. The van der Waals surface area contributed by atoms with Gasteiger partial charge in [-0.05, 0) is 32.9 Å². The van der Waals surface area contributed by atoms with Gasteiger partial charge in [-0.25, -0.2) is 4.79 Å². The molecule has 1 aromatic carbocycles. The molecule has 1 amide bonds. The zero-order valence-corrected chi connectivity index (χ0v) is 15.6. The van der Waals surface area contributed by atoms with Crippen LogP contribution in [0.3, 0.4) is 0 Å². The second-order valence-corrected chi connectivity index (χ2v) is 7.07. The van der Waals surface area contributed by atoms with Crippen LogP contribution in [0.5, 0.6) is 11.5 Å². The van der Waals surface area contributed by atoms with Crippen molar-refractivity contribution in [3.05, 3.63) is 18.2 Å². The van der Waals surface area contributed by atoms with Crippen molar-refractivity contribution in [2.75, 3.05) is 52.2 Å². The average molecular weight is 351 g/mol. The van der Waals surface area contributed by atoms with Crippen LogP contribution in [0.4, 0.5) is 10.5 Å². The van der Waals surface area contributed by atoms with Crippen molar-refractivity contribution in [1.82, 2.24) is 9.80 Å². The highest BCUT2D eigenvalue weighted by atomic mass is 16.6. The summed E-state index contributed by atoms with van der Waals surface area (Å²) in [7, 11) is 1.61. The molecule has 0 bridgehead atoms. The Kier molecular flexibility index (Phi) is 6.36. The summed E-state index contributed by atoms with van der Waals surface area (Å²) in [5, 5.41) is 0. The van der Waals surface area contributed by atoms with Gasteiger partial charge in [0.2, 0.25) is 0 Å². The smallest absolute Gasteiger partial charge is 0.410 e. The Morgan fingerprint density at radius 1 is 1.16 bits per heavy atom. The summed E-state index contributed by atoms with van der Waals surface area (Å²) in [6.07, 6.45) is -0.243. The van der Waals surface area contributed by atoms with Crippen LogP contribution in [0.25, 0.3) is 0 Å². The first kappa shape index (κ1) is 19.2. The lowest BCUT2D eigenvalue weighted by molar-refractivity contribution is 0.0136. The van der Waals surface area contributed by atoms with Gasteiger partial charge in [0.1, 0.15) is 12.2 Å². The van der Waals surface area contributed by atoms with Crippen molar-refractivity contribution >= 4 is 11.8 Å². The molecule has 2 rings (SSSR count). The van der Waals surface area contributed by atoms with Crippen molar-refractivity contribution in [3.63, 3.8) is 0 Å². The number of hydrogen-bond donors (Lipinski definition) is 1. The minimum atomic E-state index is -0.460. The normalized spacial score (nSPS) is 15.8. The van der Waals surface area contributed by atoms with Crippen LogP contribution in [0.2, 0.25) is 0 Å². The van der Waals surface area contributed by atoms with Crippen LogP contribution < -0.4 is 15.2 Å².